The van der Waals surface area contributed by atoms with Gasteiger partial charge in [-0.3, -0.25) is 4.79 Å². The fourth-order valence-corrected chi connectivity index (χ4v) is 3.55. The summed E-state index contributed by atoms with van der Waals surface area (Å²) in [6.45, 7) is 0. The highest BCUT2D eigenvalue weighted by molar-refractivity contribution is 9.10. The van der Waals surface area contributed by atoms with Crippen LogP contribution < -0.4 is 5.32 Å². The molecule has 0 aliphatic heterocycles. The monoisotopic (exact) mass is 484 g/mol. The molecule has 0 spiro atoms. The number of hydrogen-bond acceptors (Lipinski definition) is 2. The third-order valence-electron chi connectivity index (χ3n) is 4.23. The van der Waals surface area contributed by atoms with E-state index in [9.17, 15) is 10.1 Å². The van der Waals surface area contributed by atoms with Crippen LogP contribution in [0.1, 0.15) is 16.7 Å². The van der Waals surface area contributed by atoms with Crippen molar-refractivity contribution in [3.8, 4) is 6.07 Å². The summed E-state index contributed by atoms with van der Waals surface area (Å²) in [4.78, 5) is 12.6. The fraction of sp³-hybridized carbons (Fsp3) is 0.0435. The van der Waals surface area contributed by atoms with Gasteiger partial charge in [0.25, 0.3) is 5.91 Å². The van der Waals surface area contributed by atoms with Crippen LogP contribution in [0.2, 0.25) is 10.0 Å². The molecule has 0 radical (unpaired) electrons. The number of para-hydroxylation sites is 1. The molecule has 0 saturated heterocycles. The highest BCUT2D eigenvalue weighted by atomic mass is 79.9. The number of carbonyl (C=O) groups excluding carboxylic acids is 1. The van der Waals surface area contributed by atoms with Gasteiger partial charge >= 0.3 is 0 Å². The van der Waals surface area contributed by atoms with Gasteiger partial charge in [0.05, 0.1) is 10.7 Å². The van der Waals surface area contributed by atoms with Crippen molar-refractivity contribution >= 4 is 56.8 Å². The minimum atomic E-state index is -0.535. The Morgan fingerprint density at radius 2 is 1.76 bits per heavy atom. The topological polar surface area (TPSA) is 52.9 Å². The van der Waals surface area contributed by atoms with Crippen molar-refractivity contribution in [3.05, 3.63) is 104 Å². The lowest BCUT2D eigenvalue weighted by atomic mass is 9.98. The number of nitriles is 1. The second-order valence-electron chi connectivity index (χ2n) is 6.22. The van der Waals surface area contributed by atoms with Gasteiger partial charge in [0.1, 0.15) is 11.6 Å². The van der Waals surface area contributed by atoms with Crippen LogP contribution in [-0.4, -0.2) is 5.91 Å². The Labute approximate surface area is 187 Å². The highest BCUT2D eigenvalue weighted by Crippen LogP contribution is 2.26. The standard InChI is InChI=1S/C23H15BrCl2N2O/c24-20-6-2-1-5-16(20)11-15-9-10-19(25)13-17(15)12-18(14-27)23(29)28-22-8-4-3-7-21(22)26/h1-10,12-13H,11H2,(H,28,29)/b18-12+. The minimum absolute atomic E-state index is 0.0411. The zero-order valence-electron chi connectivity index (χ0n) is 15.1. The number of benzene rings is 3. The molecular weight excluding hydrogens is 471 g/mol. The second kappa shape index (κ2) is 9.76. The van der Waals surface area contributed by atoms with Crippen molar-refractivity contribution in [2.24, 2.45) is 0 Å². The number of nitrogens with one attached hydrogen (secondary N) is 1. The summed E-state index contributed by atoms with van der Waals surface area (Å²) in [6, 6.07) is 22.2. The molecule has 0 aromatic heterocycles. The largest absolute Gasteiger partial charge is 0.320 e. The van der Waals surface area contributed by atoms with Crippen LogP contribution in [0.25, 0.3) is 6.08 Å². The van der Waals surface area contributed by atoms with E-state index in [0.29, 0.717) is 27.7 Å². The van der Waals surface area contributed by atoms with Gasteiger partial charge in [-0.25, -0.2) is 0 Å². The lowest BCUT2D eigenvalue weighted by Gasteiger charge is -2.10. The van der Waals surface area contributed by atoms with Crippen molar-refractivity contribution in [2.75, 3.05) is 5.32 Å². The molecule has 1 N–H and O–H groups in total. The van der Waals surface area contributed by atoms with Gasteiger partial charge < -0.3 is 5.32 Å². The van der Waals surface area contributed by atoms with E-state index in [1.165, 1.54) is 0 Å². The summed E-state index contributed by atoms with van der Waals surface area (Å²) in [7, 11) is 0. The number of nitrogens with zero attached hydrogens (tertiary/aromatic N) is 1. The Morgan fingerprint density at radius 1 is 1.03 bits per heavy atom. The van der Waals surface area contributed by atoms with Crippen LogP contribution in [0.4, 0.5) is 5.69 Å². The maximum Gasteiger partial charge on any atom is 0.266 e. The van der Waals surface area contributed by atoms with Crippen molar-refractivity contribution < 1.29 is 4.79 Å². The Bertz CT molecular complexity index is 1140. The Balaban J connectivity index is 1.94. The number of halogens is 3. The molecule has 0 saturated carbocycles. The highest BCUT2D eigenvalue weighted by Gasteiger charge is 2.13. The first-order valence-electron chi connectivity index (χ1n) is 8.67. The third-order valence-corrected chi connectivity index (χ3v) is 5.57. The molecule has 3 rings (SSSR count). The maximum absolute atomic E-state index is 12.6. The predicted octanol–water partition coefficient (Wildman–Crippen LogP) is 6.89. The number of amides is 1. The zero-order chi connectivity index (χ0) is 20.8. The summed E-state index contributed by atoms with van der Waals surface area (Å²) in [5.41, 5.74) is 3.14. The van der Waals surface area contributed by atoms with Gasteiger partial charge in [-0.05, 0) is 59.5 Å². The normalized spacial score (nSPS) is 11.0. The zero-order valence-corrected chi connectivity index (χ0v) is 18.2. The van der Waals surface area contributed by atoms with E-state index in [2.05, 4.69) is 21.2 Å². The van der Waals surface area contributed by atoms with Crippen molar-refractivity contribution in [3.63, 3.8) is 0 Å². The molecule has 144 valence electrons. The van der Waals surface area contributed by atoms with Gasteiger partial charge in [0, 0.05) is 9.50 Å². The average molecular weight is 486 g/mol. The second-order valence-corrected chi connectivity index (χ2v) is 7.91. The maximum atomic E-state index is 12.6. The van der Waals surface area contributed by atoms with E-state index in [0.717, 1.165) is 15.6 Å². The van der Waals surface area contributed by atoms with Crippen molar-refractivity contribution in [2.45, 2.75) is 6.42 Å². The lowest BCUT2D eigenvalue weighted by molar-refractivity contribution is -0.112. The van der Waals surface area contributed by atoms with Crippen molar-refractivity contribution in [1.82, 2.24) is 0 Å². The summed E-state index contributed by atoms with van der Waals surface area (Å²) < 4.78 is 0.988. The quantitative estimate of drug-likeness (QED) is 0.316. The van der Waals surface area contributed by atoms with E-state index in [1.807, 2.05) is 36.4 Å². The molecule has 1 amide bonds. The number of hydrogen-bond donors (Lipinski definition) is 1. The first kappa shape index (κ1) is 21.1. The number of carbonyl (C=O) groups is 1. The van der Waals surface area contributed by atoms with Crippen LogP contribution in [0, 0.1) is 11.3 Å². The van der Waals surface area contributed by atoms with Gasteiger partial charge in [0.15, 0.2) is 0 Å². The summed E-state index contributed by atoms with van der Waals surface area (Å²) in [5.74, 6) is -0.535. The van der Waals surface area contributed by atoms with Gasteiger partial charge in [-0.1, -0.05) is 75.5 Å². The summed E-state index contributed by atoms with van der Waals surface area (Å²) >= 11 is 15.8. The summed E-state index contributed by atoms with van der Waals surface area (Å²) in [5, 5.41) is 13.1. The van der Waals surface area contributed by atoms with E-state index in [1.54, 1.807) is 42.5 Å². The fourth-order valence-electron chi connectivity index (χ4n) is 2.76. The molecule has 0 aliphatic carbocycles. The first-order chi connectivity index (χ1) is 14.0. The molecule has 0 unspecified atom stereocenters. The van der Waals surface area contributed by atoms with Gasteiger partial charge in [-0.15, -0.1) is 0 Å². The van der Waals surface area contributed by atoms with E-state index < -0.39 is 5.91 Å². The van der Waals surface area contributed by atoms with E-state index in [4.69, 9.17) is 23.2 Å². The predicted molar refractivity (Wildman–Crippen MR) is 122 cm³/mol. The van der Waals surface area contributed by atoms with Crippen LogP contribution in [0.5, 0.6) is 0 Å². The molecule has 0 aliphatic rings. The SMILES string of the molecule is N#C/C(=C\c1cc(Cl)ccc1Cc1ccccc1Br)C(=O)Nc1ccccc1Cl. The van der Waals surface area contributed by atoms with Crippen LogP contribution in [0.15, 0.2) is 76.8 Å². The number of rotatable bonds is 5. The molecule has 0 bridgehead atoms. The molecule has 6 heteroatoms. The van der Waals surface area contributed by atoms with Gasteiger partial charge in [0.2, 0.25) is 0 Å². The van der Waals surface area contributed by atoms with E-state index in [-0.39, 0.29) is 5.57 Å². The lowest BCUT2D eigenvalue weighted by Crippen LogP contribution is -2.13. The molecular formula is C23H15BrCl2N2O. The molecule has 0 atom stereocenters. The smallest absolute Gasteiger partial charge is 0.266 e. The molecule has 0 heterocycles. The molecule has 3 aromatic carbocycles. The third kappa shape index (κ3) is 5.48. The van der Waals surface area contributed by atoms with Crippen LogP contribution >= 0.6 is 39.1 Å². The number of anilines is 1. The molecule has 3 nitrogen and oxygen atoms in total. The molecule has 29 heavy (non-hydrogen) atoms. The minimum Gasteiger partial charge on any atom is -0.320 e. The summed E-state index contributed by atoms with van der Waals surface area (Å²) in [6.07, 6.45) is 2.17. The average Bonchev–Trinajstić information content (AvgIpc) is 2.71. The van der Waals surface area contributed by atoms with Crippen LogP contribution in [0.3, 0.4) is 0 Å². The Kier molecular flexibility index (Phi) is 7.11. The van der Waals surface area contributed by atoms with Crippen molar-refractivity contribution in [1.29, 1.82) is 5.26 Å². The van der Waals surface area contributed by atoms with E-state index >= 15 is 0 Å². The Hall–Kier alpha value is -2.58. The van der Waals surface area contributed by atoms with Crippen LogP contribution in [-0.2, 0) is 11.2 Å². The molecule has 3 aromatic rings. The van der Waals surface area contributed by atoms with Gasteiger partial charge in [-0.2, -0.15) is 5.26 Å². The Morgan fingerprint density at radius 3 is 2.48 bits per heavy atom. The first-order valence-corrected chi connectivity index (χ1v) is 10.2. The molecule has 0 fully saturated rings.